The average Bonchev–Trinajstić information content (AvgIpc) is 3.53. The van der Waals surface area contributed by atoms with Crippen molar-refractivity contribution in [3.8, 4) is 0 Å². The van der Waals surface area contributed by atoms with Crippen LogP contribution in [0.1, 0.15) is 205 Å². The van der Waals surface area contributed by atoms with Gasteiger partial charge >= 0.3 is 23.8 Å². The zero-order chi connectivity index (χ0) is 44.1. The Hall–Kier alpha value is -3.45. The summed E-state index contributed by atoms with van der Waals surface area (Å²) in [7, 11) is 0. The summed E-state index contributed by atoms with van der Waals surface area (Å²) in [5.41, 5.74) is -2.12. The lowest BCUT2D eigenvalue weighted by molar-refractivity contribution is -0.160. The molecule has 2 aromatic rings. The van der Waals surface area contributed by atoms with Crippen LogP contribution in [0.15, 0.2) is 41.3 Å². The van der Waals surface area contributed by atoms with Gasteiger partial charge in [0.2, 0.25) is 0 Å². The fourth-order valence-electron chi connectivity index (χ4n) is 7.87. The van der Waals surface area contributed by atoms with Gasteiger partial charge in [0.25, 0.3) is 0 Å². The van der Waals surface area contributed by atoms with Crippen molar-refractivity contribution in [2.45, 2.75) is 224 Å². The summed E-state index contributed by atoms with van der Waals surface area (Å²) < 4.78 is 60.7. The molecule has 2 heterocycles. The zero-order valence-corrected chi connectivity index (χ0v) is 37.2. The van der Waals surface area contributed by atoms with E-state index in [1.165, 1.54) is 121 Å². The Balaban J connectivity index is 1.54. The Labute approximate surface area is 363 Å². The second-order valence-corrected chi connectivity index (χ2v) is 16.9. The smallest absolute Gasteiger partial charge is 0.421 e. The maximum absolute atomic E-state index is 14.3. The Morgan fingerprint density at radius 3 is 1.61 bits per heavy atom. The molecule has 1 saturated heterocycles. The number of hydrogen-bond acceptors (Lipinski definition) is 9. The molecule has 0 bridgehead atoms. The molecule has 1 fully saturated rings. The van der Waals surface area contributed by atoms with Gasteiger partial charge < -0.3 is 24.6 Å². The molecule has 0 unspecified atom stereocenters. The molecule has 0 spiro atoms. The largest absolute Gasteiger partial charge is 0.463 e. The normalized spacial score (nSPS) is 17.7. The van der Waals surface area contributed by atoms with Gasteiger partial charge in [-0.1, -0.05) is 186 Å². The highest BCUT2D eigenvalue weighted by Gasteiger charge is 2.49. The number of aromatic nitrogens is 2. The highest BCUT2D eigenvalue weighted by Crippen LogP contribution is 2.37. The maximum Gasteiger partial charge on any atom is 0.421 e. The van der Waals surface area contributed by atoms with Crippen molar-refractivity contribution >= 4 is 23.4 Å². The molecule has 61 heavy (non-hydrogen) atoms. The van der Waals surface area contributed by atoms with Crippen LogP contribution in [0.2, 0.25) is 0 Å². The molecule has 0 amide bonds. The molecule has 2 N–H and O–H groups in total. The third-order valence-corrected chi connectivity index (χ3v) is 11.5. The summed E-state index contributed by atoms with van der Waals surface area (Å²) in [5.74, 6) is -1.84. The molecule has 13 heteroatoms. The van der Waals surface area contributed by atoms with Gasteiger partial charge in [-0.25, -0.2) is 4.79 Å². The second-order valence-electron chi connectivity index (χ2n) is 16.9. The molecule has 1 aliphatic rings. The summed E-state index contributed by atoms with van der Waals surface area (Å²) in [6.45, 7) is 4.02. The summed E-state index contributed by atoms with van der Waals surface area (Å²) in [6, 6.07) is 7.98. The topological polar surface area (TPSA) is 129 Å². The molecule has 0 saturated carbocycles. The first-order valence-electron chi connectivity index (χ1n) is 23.8. The van der Waals surface area contributed by atoms with Crippen molar-refractivity contribution < 1.29 is 42.1 Å². The fourth-order valence-corrected chi connectivity index (χ4v) is 7.87. The second kappa shape index (κ2) is 30.6. The number of halogens is 3. The van der Waals surface area contributed by atoms with Crippen molar-refractivity contribution in [1.29, 1.82) is 0 Å². The van der Waals surface area contributed by atoms with E-state index in [4.69, 9.17) is 14.2 Å². The molecule has 10 nitrogen and oxygen atoms in total. The number of ether oxygens (including phenoxy) is 3. The van der Waals surface area contributed by atoms with Crippen LogP contribution >= 0.6 is 0 Å². The standard InChI is InChI=1S/C48H76F3N3O7/c1-3-5-7-9-11-13-15-17-19-21-23-25-30-34-41(55)59-37-40-44(61-42(56)35-31-26-24-22-20-18-16-14-12-10-8-6-4-2)43(57)46(60-40)54-36-39(48(49,50)51)45(53-47(54)58)52-38-32-28-27-29-33-38/h27-29,32-33,36,40,43-44,46,57H,3-26,30-31,34-35,37H2,1-2H3,(H,52,53,58)/t40-,43+,44-,46-/m1/s1. The van der Waals surface area contributed by atoms with E-state index in [0.29, 0.717) is 23.6 Å². The van der Waals surface area contributed by atoms with Crippen LogP contribution in [-0.4, -0.2) is 51.5 Å². The highest BCUT2D eigenvalue weighted by molar-refractivity contribution is 5.70. The SMILES string of the molecule is CCCCCCCCCCCCCCCC(=O)OC[C@H]1O[C@@H](n2cc(C(F)(F)F)c(Nc3ccccc3)nc2=O)[C@@H](O)[C@@H]1OC(=O)CCCCCCCCCCCCCCC. The third kappa shape index (κ3) is 21.0. The number of hydrogen-bond donors (Lipinski definition) is 2. The zero-order valence-electron chi connectivity index (χ0n) is 37.2. The number of alkyl halides is 3. The van der Waals surface area contributed by atoms with Gasteiger partial charge in [-0.15, -0.1) is 0 Å². The van der Waals surface area contributed by atoms with E-state index in [-0.39, 0.29) is 18.5 Å². The van der Waals surface area contributed by atoms with Crippen molar-refractivity contribution in [1.82, 2.24) is 9.55 Å². The van der Waals surface area contributed by atoms with E-state index >= 15 is 0 Å². The van der Waals surface area contributed by atoms with Gasteiger partial charge in [-0.2, -0.15) is 18.2 Å². The monoisotopic (exact) mass is 864 g/mol. The summed E-state index contributed by atoms with van der Waals surface area (Å²) in [4.78, 5) is 42.8. The predicted octanol–water partition coefficient (Wildman–Crippen LogP) is 12.7. The minimum absolute atomic E-state index is 0.0662. The molecule has 3 rings (SSSR count). The maximum atomic E-state index is 14.3. The van der Waals surface area contributed by atoms with Gasteiger partial charge in [0, 0.05) is 24.7 Å². The van der Waals surface area contributed by atoms with Crippen LogP contribution in [0, 0.1) is 0 Å². The number of aliphatic hydroxyl groups excluding tert-OH is 1. The number of unbranched alkanes of at least 4 members (excludes halogenated alkanes) is 24. The minimum Gasteiger partial charge on any atom is -0.463 e. The van der Waals surface area contributed by atoms with Gasteiger partial charge in [0.1, 0.15) is 30.2 Å². The van der Waals surface area contributed by atoms with Crippen LogP contribution in [0.25, 0.3) is 0 Å². The molecular formula is C48H76F3N3O7. The molecule has 0 aliphatic carbocycles. The number of nitrogens with zero attached hydrogens (tertiary/aromatic N) is 2. The third-order valence-electron chi connectivity index (χ3n) is 11.5. The summed E-state index contributed by atoms with van der Waals surface area (Å²) >= 11 is 0. The lowest BCUT2D eigenvalue weighted by Crippen LogP contribution is -2.40. The van der Waals surface area contributed by atoms with E-state index in [1.807, 2.05) is 0 Å². The first kappa shape index (κ1) is 51.9. The molecule has 1 aromatic heterocycles. The highest BCUT2D eigenvalue weighted by atomic mass is 19.4. The Bertz CT molecular complexity index is 1540. The lowest BCUT2D eigenvalue weighted by Gasteiger charge is -2.21. The van der Waals surface area contributed by atoms with E-state index < -0.39 is 66.3 Å². The Morgan fingerprint density at radius 1 is 0.705 bits per heavy atom. The van der Waals surface area contributed by atoms with E-state index in [2.05, 4.69) is 24.1 Å². The molecule has 4 atom stereocenters. The lowest BCUT2D eigenvalue weighted by atomic mass is 10.0. The number of carbonyl (C=O) groups is 2. The van der Waals surface area contributed by atoms with E-state index in [0.717, 1.165) is 44.9 Å². The van der Waals surface area contributed by atoms with Crippen molar-refractivity contribution in [3.63, 3.8) is 0 Å². The number of benzene rings is 1. The number of nitrogens with one attached hydrogen (secondary N) is 1. The number of aliphatic hydroxyl groups is 1. The van der Waals surface area contributed by atoms with Crippen LogP contribution in [-0.2, 0) is 30.0 Å². The van der Waals surface area contributed by atoms with Gasteiger partial charge in [0.15, 0.2) is 12.3 Å². The first-order valence-corrected chi connectivity index (χ1v) is 23.8. The van der Waals surface area contributed by atoms with Crippen LogP contribution in [0.3, 0.4) is 0 Å². The quantitative estimate of drug-likeness (QED) is 0.0522. The van der Waals surface area contributed by atoms with Crippen molar-refractivity contribution in [2.24, 2.45) is 0 Å². The molecule has 1 aromatic carbocycles. The van der Waals surface area contributed by atoms with Crippen LogP contribution in [0.4, 0.5) is 24.7 Å². The molecule has 1 aliphatic heterocycles. The van der Waals surface area contributed by atoms with Crippen LogP contribution < -0.4 is 11.0 Å². The van der Waals surface area contributed by atoms with Crippen molar-refractivity contribution in [3.05, 3.63) is 52.6 Å². The van der Waals surface area contributed by atoms with E-state index in [1.54, 1.807) is 18.2 Å². The number of para-hydroxylation sites is 1. The molecule has 346 valence electrons. The fraction of sp³-hybridized carbons (Fsp3) is 0.750. The number of esters is 2. The first-order chi connectivity index (χ1) is 29.5. The van der Waals surface area contributed by atoms with Gasteiger partial charge in [-0.05, 0) is 25.0 Å². The predicted molar refractivity (Wildman–Crippen MR) is 235 cm³/mol. The number of carbonyl (C=O) groups excluding carboxylic acids is 2. The summed E-state index contributed by atoms with van der Waals surface area (Å²) in [6.07, 6.45) is 19.7. The minimum atomic E-state index is -4.94. The number of anilines is 2. The van der Waals surface area contributed by atoms with Crippen LogP contribution in [0.5, 0.6) is 0 Å². The Morgan fingerprint density at radius 2 is 1.15 bits per heavy atom. The van der Waals surface area contributed by atoms with E-state index in [9.17, 15) is 32.7 Å². The van der Waals surface area contributed by atoms with Gasteiger partial charge in [0.05, 0.1) is 0 Å². The summed E-state index contributed by atoms with van der Waals surface area (Å²) in [5, 5.41) is 13.9. The van der Waals surface area contributed by atoms with Crippen molar-refractivity contribution in [2.75, 3.05) is 11.9 Å². The Kier molecular flexibility index (Phi) is 26.0. The van der Waals surface area contributed by atoms with Gasteiger partial charge in [-0.3, -0.25) is 14.2 Å². The molecule has 0 radical (unpaired) electrons. The molecular weight excluding hydrogens is 788 g/mol. The number of rotatable bonds is 34. The average molecular weight is 864 g/mol.